The van der Waals surface area contributed by atoms with E-state index in [1.165, 1.54) is 0 Å². The summed E-state index contributed by atoms with van der Waals surface area (Å²) in [6.07, 6.45) is 4.15. The molecule has 3 amide bonds. The molecule has 1 aromatic heterocycles. The number of para-hydroxylation sites is 2. The minimum Gasteiger partial charge on any atom is -0.355 e. The first-order chi connectivity index (χ1) is 14.7. The molecular weight excluding hydrogens is 376 g/mol. The second-order valence-corrected chi connectivity index (χ2v) is 7.61. The molecule has 0 radical (unpaired) electrons. The predicted octanol–water partition coefficient (Wildman–Crippen LogP) is 3.84. The van der Waals surface area contributed by atoms with Crippen molar-refractivity contribution in [3.8, 4) is 0 Å². The Morgan fingerprint density at radius 2 is 1.87 bits per heavy atom. The van der Waals surface area contributed by atoms with Crippen molar-refractivity contribution in [2.75, 3.05) is 25.0 Å². The number of carbonyl (C=O) groups is 2. The molecule has 0 bridgehead atoms. The van der Waals surface area contributed by atoms with Gasteiger partial charge >= 0.3 is 6.03 Å². The summed E-state index contributed by atoms with van der Waals surface area (Å²) in [7, 11) is 0. The van der Waals surface area contributed by atoms with Gasteiger partial charge in [-0.1, -0.05) is 42.5 Å². The van der Waals surface area contributed by atoms with Crippen molar-refractivity contribution in [2.24, 2.45) is 5.92 Å². The lowest BCUT2D eigenvalue weighted by atomic mass is 9.97. The number of likely N-dealkylation sites (tertiary alicyclic amines) is 1. The molecule has 2 heterocycles. The molecule has 3 aromatic rings. The van der Waals surface area contributed by atoms with Crippen LogP contribution >= 0.6 is 0 Å². The third-order valence-corrected chi connectivity index (χ3v) is 5.51. The van der Waals surface area contributed by atoms with Crippen LogP contribution in [0.4, 0.5) is 10.5 Å². The average Bonchev–Trinajstić information content (AvgIpc) is 2.80. The van der Waals surface area contributed by atoms with Crippen molar-refractivity contribution in [3.05, 3.63) is 72.4 Å². The monoisotopic (exact) mass is 402 g/mol. The highest BCUT2D eigenvalue weighted by Crippen LogP contribution is 2.19. The van der Waals surface area contributed by atoms with Crippen LogP contribution in [0.5, 0.6) is 0 Å². The van der Waals surface area contributed by atoms with Crippen molar-refractivity contribution < 1.29 is 9.59 Å². The molecule has 1 aliphatic heterocycles. The van der Waals surface area contributed by atoms with Gasteiger partial charge in [-0.05, 0) is 43.0 Å². The summed E-state index contributed by atoms with van der Waals surface area (Å²) in [6.45, 7) is 1.67. The number of carbonyl (C=O) groups excluding carboxylic acids is 2. The van der Waals surface area contributed by atoms with Crippen molar-refractivity contribution in [1.82, 2.24) is 15.2 Å². The summed E-state index contributed by atoms with van der Waals surface area (Å²) in [5, 5.41) is 7.06. The van der Waals surface area contributed by atoms with Crippen LogP contribution in [-0.2, 0) is 11.2 Å². The van der Waals surface area contributed by atoms with E-state index in [4.69, 9.17) is 0 Å². The van der Waals surface area contributed by atoms with Crippen LogP contribution < -0.4 is 10.6 Å². The fourth-order valence-electron chi connectivity index (χ4n) is 3.93. The third kappa shape index (κ3) is 4.76. The molecule has 0 unspecified atom stereocenters. The Balaban J connectivity index is 1.29. The van der Waals surface area contributed by atoms with E-state index in [2.05, 4.69) is 21.7 Å². The number of hydrogen-bond acceptors (Lipinski definition) is 3. The fourth-order valence-corrected chi connectivity index (χ4v) is 3.93. The first-order valence-corrected chi connectivity index (χ1v) is 10.4. The SMILES string of the molecule is O=C(NCCc1cccc2cccnc12)[C@@H]1CCCN(C(=O)Nc2ccccc2)C1. The zero-order valence-electron chi connectivity index (χ0n) is 16.9. The number of hydrogen-bond donors (Lipinski definition) is 2. The summed E-state index contributed by atoms with van der Waals surface area (Å²) in [5.41, 5.74) is 2.87. The molecule has 0 aliphatic carbocycles. The first-order valence-electron chi connectivity index (χ1n) is 10.4. The Kier molecular flexibility index (Phi) is 6.23. The number of nitrogens with zero attached hydrogens (tertiary/aromatic N) is 2. The van der Waals surface area contributed by atoms with Gasteiger partial charge in [-0.3, -0.25) is 9.78 Å². The molecule has 6 heteroatoms. The Morgan fingerprint density at radius 3 is 2.73 bits per heavy atom. The Bertz CT molecular complexity index is 1020. The van der Waals surface area contributed by atoms with Crippen LogP contribution in [-0.4, -0.2) is 41.5 Å². The number of rotatable bonds is 5. The van der Waals surface area contributed by atoms with Gasteiger partial charge in [-0.25, -0.2) is 4.79 Å². The van der Waals surface area contributed by atoms with Crippen molar-refractivity contribution in [1.29, 1.82) is 0 Å². The molecule has 1 saturated heterocycles. The van der Waals surface area contributed by atoms with Gasteiger partial charge in [-0.2, -0.15) is 0 Å². The zero-order chi connectivity index (χ0) is 20.8. The van der Waals surface area contributed by atoms with Crippen LogP contribution in [0.1, 0.15) is 18.4 Å². The molecule has 1 fully saturated rings. The average molecular weight is 402 g/mol. The number of anilines is 1. The van der Waals surface area contributed by atoms with E-state index in [9.17, 15) is 9.59 Å². The van der Waals surface area contributed by atoms with Gasteiger partial charge in [0, 0.05) is 36.9 Å². The summed E-state index contributed by atoms with van der Waals surface area (Å²) in [6, 6.07) is 19.3. The van der Waals surface area contributed by atoms with E-state index in [0.717, 1.165) is 41.4 Å². The van der Waals surface area contributed by atoms with Gasteiger partial charge in [0.2, 0.25) is 5.91 Å². The topological polar surface area (TPSA) is 74.3 Å². The maximum absolute atomic E-state index is 12.7. The summed E-state index contributed by atoms with van der Waals surface area (Å²) in [4.78, 5) is 31.4. The van der Waals surface area contributed by atoms with Crippen molar-refractivity contribution in [3.63, 3.8) is 0 Å². The number of piperidine rings is 1. The molecule has 1 aliphatic rings. The molecule has 0 spiro atoms. The number of amides is 3. The van der Waals surface area contributed by atoms with Gasteiger partial charge in [0.1, 0.15) is 0 Å². The smallest absolute Gasteiger partial charge is 0.321 e. The Labute approximate surface area is 176 Å². The molecule has 4 rings (SSSR count). The normalized spacial score (nSPS) is 16.3. The number of pyridine rings is 1. The molecular formula is C24H26N4O2. The predicted molar refractivity (Wildman–Crippen MR) is 118 cm³/mol. The van der Waals surface area contributed by atoms with E-state index in [-0.39, 0.29) is 17.9 Å². The standard InChI is InChI=1S/C24H26N4O2/c29-23(26-15-13-19-8-4-7-18-9-5-14-25-22(18)19)20-10-6-16-28(17-20)24(30)27-21-11-2-1-3-12-21/h1-5,7-9,11-12,14,20H,6,10,13,15-17H2,(H,26,29)(H,27,30)/t20-/m1/s1. The maximum atomic E-state index is 12.7. The van der Waals surface area contributed by atoms with E-state index in [0.29, 0.717) is 19.6 Å². The highest BCUT2D eigenvalue weighted by Gasteiger charge is 2.28. The molecule has 0 saturated carbocycles. The van der Waals surface area contributed by atoms with Crippen LogP contribution in [0.3, 0.4) is 0 Å². The first kappa shape index (κ1) is 19.9. The largest absolute Gasteiger partial charge is 0.355 e. The lowest BCUT2D eigenvalue weighted by Gasteiger charge is -2.32. The number of aromatic nitrogens is 1. The quantitative estimate of drug-likeness (QED) is 0.681. The van der Waals surface area contributed by atoms with Crippen LogP contribution in [0.15, 0.2) is 66.9 Å². The van der Waals surface area contributed by atoms with Crippen LogP contribution in [0, 0.1) is 5.92 Å². The molecule has 1 atom stereocenters. The molecule has 2 aromatic carbocycles. The number of fused-ring (bicyclic) bond motifs is 1. The second kappa shape index (κ2) is 9.39. The molecule has 2 N–H and O–H groups in total. The summed E-state index contributed by atoms with van der Waals surface area (Å²) < 4.78 is 0. The van der Waals surface area contributed by atoms with Crippen LogP contribution in [0.25, 0.3) is 10.9 Å². The Morgan fingerprint density at radius 1 is 1.03 bits per heavy atom. The van der Waals surface area contributed by atoms with E-state index in [1.807, 2.05) is 54.6 Å². The Hall–Kier alpha value is -3.41. The van der Waals surface area contributed by atoms with Gasteiger partial charge in [0.05, 0.1) is 11.4 Å². The number of urea groups is 1. The maximum Gasteiger partial charge on any atom is 0.321 e. The van der Waals surface area contributed by atoms with Gasteiger partial charge in [-0.15, -0.1) is 0 Å². The lowest BCUT2D eigenvalue weighted by molar-refractivity contribution is -0.126. The van der Waals surface area contributed by atoms with Gasteiger partial charge < -0.3 is 15.5 Å². The van der Waals surface area contributed by atoms with Crippen LogP contribution in [0.2, 0.25) is 0 Å². The lowest BCUT2D eigenvalue weighted by Crippen LogP contribution is -2.47. The molecule has 154 valence electrons. The summed E-state index contributed by atoms with van der Waals surface area (Å²) >= 11 is 0. The van der Waals surface area contributed by atoms with Crippen molar-refractivity contribution in [2.45, 2.75) is 19.3 Å². The van der Waals surface area contributed by atoms with E-state index < -0.39 is 0 Å². The van der Waals surface area contributed by atoms with Gasteiger partial charge in [0.15, 0.2) is 0 Å². The number of nitrogens with one attached hydrogen (secondary N) is 2. The minimum atomic E-state index is -0.175. The van der Waals surface area contributed by atoms with E-state index in [1.54, 1.807) is 11.1 Å². The van der Waals surface area contributed by atoms with Gasteiger partial charge in [0.25, 0.3) is 0 Å². The highest BCUT2D eigenvalue weighted by molar-refractivity contribution is 5.90. The fraction of sp³-hybridized carbons (Fsp3) is 0.292. The highest BCUT2D eigenvalue weighted by atomic mass is 16.2. The van der Waals surface area contributed by atoms with Crippen molar-refractivity contribution >= 4 is 28.5 Å². The van der Waals surface area contributed by atoms with E-state index >= 15 is 0 Å². The second-order valence-electron chi connectivity index (χ2n) is 7.61. The molecule has 30 heavy (non-hydrogen) atoms. The zero-order valence-corrected chi connectivity index (χ0v) is 16.9. The minimum absolute atomic E-state index is 0.0143. The molecule has 6 nitrogen and oxygen atoms in total. The number of benzene rings is 2. The summed E-state index contributed by atoms with van der Waals surface area (Å²) in [5.74, 6) is -0.161. The third-order valence-electron chi connectivity index (χ3n) is 5.51.